The third kappa shape index (κ3) is 4.07. The van der Waals surface area contributed by atoms with Crippen LogP contribution in [0.1, 0.15) is 18.4 Å². The van der Waals surface area contributed by atoms with Gasteiger partial charge in [0.1, 0.15) is 5.82 Å². The summed E-state index contributed by atoms with van der Waals surface area (Å²) in [5.74, 6) is -0.269. The van der Waals surface area contributed by atoms with Crippen LogP contribution in [-0.2, 0) is 0 Å². The van der Waals surface area contributed by atoms with Crippen molar-refractivity contribution in [2.75, 3.05) is 18.5 Å². The molecule has 1 saturated heterocycles. The van der Waals surface area contributed by atoms with Crippen molar-refractivity contribution in [2.45, 2.75) is 19.8 Å². The van der Waals surface area contributed by atoms with Gasteiger partial charge in [-0.15, -0.1) is 6.58 Å². The van der Waals surface area contributed by atoms with E-state index in [9.17, 15) is 4.39 Å². The summed E-state index contributed by atoms with van der Waals surface area (Å²) in [6.07, 6.45) is 7.46. The number of anilines is 1. The fraction of sp³-hybridized carbons (Fsp3) is 0.240. The van der Waals surface area contributed by atoms with Gasteiger partial charge in [0.25, 0.3) is 0 Å². The van der Waals surface area contributed by atoms with Crippen LogP contribution in [0.25, 0.3) is 0 Å². The summed E-state index contributed by atoms with van der Waals surface area (Å²) in [5, 5.41) is 2.25. The molecule has 1 unspecified atom stereocenters. The summed E-state index contributed by atoms with van der Waals surface area (Å²) in [5.41, 5.74) is 15.5. The van der Waals surface area contributed by atoms with Gasteiger partial charge in [0.15, 0.2) is 0 Å². The van der Waals surface area contributed by atoms with Crippen LogP contribution < -0.4 is 11.2 Å². The van der Waals surface area contributed by atoms with Gasteiger partial charge in [-0.05, 0) is 79.6 Å². The molecule has 0 spiro atoms. The number of nitrogens with two attached hydrogens (primary N) is 1. The Bertz CT molecular complexity index is 1040. The second kappa shape index (κ2) is 8.28. The predicted octanol–water partition coefficient (Wildman–Crippen LogP) is 5.28. The van der Waals surface area contributed by atoms with E-state index in [1.54, 1.807) is 18.3 Å². The normalized spacial score (nSPS) is 24.4. The number of aliphatic imine (C=N–C) groups is 1. The predicted molar refractivity (Wildman–Crippen MR) is 122 cm³/mol. The molecule has 1 heterocycles. The average molecular weight is 403 g/mol. The first-order valence-corrected chi connectivity index (χ1v) is 10.2. The molecule has 30 heavy (non-hydrogen) atoms. The van der Waals surface area contributed by atoms with Gasteiger partial charge >= 0.3 is 0 Å². The van der Waals surface area contributed by atoms with Crippen molar-refractivity contribution in [3.63, 3.8) is 0 Å². The SMILES string of the molecule is C=CC12CC(=CN)C(=Nc3ccc(F)cc3)C=C1CCN(Nc1cccc(C)c1)C2. The van der Waals surface area contributed by atoms with Crippen LogP contribution in [0.4, 0.5) is 15.8 Å². The lowest BCUT2D eigenvalue weighted by molar-refractivity contribution is 0.204. The highest BCUT2D eigenvalue weighted by atomic mass is 19.1. The van der Waals surface area contributed by atoms with Crippen LogP contribution in [0, 0.1) is 18.2 Å². The number of nitrogens with zero attached hydrogens (tertiary/aromatic N) is 2. The van der Waals surface area contributed by atoms with Crippen LogP contribution in [0.5, 0.6) is 0 Å². The second-order valence-electron chi connectivity index (χ2n) is 8.02. The van der Waals surface area contributed by atoms with Crippen molar-refractivity contribution >= 4 is 17.1 Å². The molecule has 1 aliphatic heterocycles. The summed E-state index contributed by atoms with van der Waals surface area (Å²) in [7, 11) is 0. The molecule has 5 heteroatoms. The van der Waals surface area contributed by atoms with Gasteiger partial charge in [0, 0.05) is 24.2 Å². The summed E-state index contributed by atoms with van der Waals surface area (Å²) < 4.78 is 13.2. The highest BCUT2D eigenvalue weighted by molar-refractivity contribution is 6.11. The molecule has 0 aromatic heterocycles. The molecule has 0 radical (unpaired) electrons. The van der Waals surface area contributed by atoms with E-state index < -0.39 is 0 Å². The van der Waals surface area contributed by atoms with Gasteiger partial charge < -0.3 is 11.2 Å². The van der Waals surface area contributed by atoms with Gasteiger partial charge in [-0.3, -0.25) is 0 Å². The zero-order valence-electron chi connectivity index (χ0n) is 17.2. The number of allylic oxidation sites excluding steroid dienone is 2. The van der Waals surface area contributed by atoms with E-state index in [0.29, 0.717) is 5.69 Å². The number of nitrogens with one attached hydrogen (secondary N) is 1. The van der Waals surface area contributed by atoms with Gasteiger partial charge in [-0.25, -0.2) is 14.4 Å². The maximum absolute atomic E-state index is 13.2. The Labute approximate surface area is 177 Å². The lowest BCUT2D eigenvalue weighted by atomic mass is 9.67. The molecular formula is C25H27FN4. The minimum Gasteiger partial charge on any atom is -0.404 e. The first kappa shape index (κ1) is 20.1. The maximum Gasteiger partial charge on any atom is 0.123 e. The lowest BCUT2D eigenvalue weighted by Crippen LogP contribution is -2.48. The number of fused-ring (bicyclic) bond motifs is 1. The monoisotopic (exact) mass is 402 g/mol. The molecule has 2 aliphatic rings. The Morgan fingerprint density at radius 1 is 1.23 bits per heavy atom. The number of hydrogen-bond donors (Lipinski definition) is 2. The number of hydrogen-bond acceptors (Lipinski definition) is 4. The van der Waals surface area contributed by atoms with Crippen molar-refractivity contribution in [2.24, 2.45) is 16.1 Å². The van der Waals surface area contributed by atoms with E-state index >= 15 is 0 Å². The molecule has 0 amide bonds. The number of halogens is 1. The van der Waals surface area contributed by atoms with Crippen LogP contribution in [0.3, 0.4) is 0 Å². The average Bonchev–Trinajstić information content (AvgIpc) is 2.75. The fourth-order valence-corrected chi connectivity index (χ4v) is 4.26. The van der Waals surface area contributed by atoms with Crippen LogP contribution in [0.15, 0.2) is 89.6 Å². The van der Waals surface area contributed by atoms with E-state index in [0.717, 1.165) is 42.9 Å². The molecule has 1 aliphatic carbocycles. The molecule has 4 nitrogen and oxygen atoms in total. The number of piperidine rings is 1. The minimum atomic E-state index is -0.269. The minimum absolute atomic E-state index is 0.192. The molecule has 0 bridgehead atoms. The maximum atomic E-state index is 13.2. The van der Waals surface area contributed by atoms with E-state index in [4.69, 9.17) is 10.7 Å². The molecule has 4 rings (SSSR count). The summed E-state index contributed by atoms with van der Waals surface area (Å²) in [6.45, 7) is 7.94. The Balaban J connectivity index is 1.61. The van der Waals surface area contributed by atoms with Crippen LogP contribution >= 0.6 is 0 Å². The van der Waals surface area contributed by atoms with E-state index in [1.165, 1.54) is 23.3 Å². The Hall–Kier alpha value is -3.18. The van der Waals surface area contributed by atoms with E-state index in [-0.39, 0.29) is 11.2 Å². The molecule has 154 valence electrons. The van der Waals surface area contributed by atoms with Crippen molar-refractivity contribution in [1.29, 1.82) is 0 Å². The van der Waals surface area contributed by atoms with E-state index in [2.05, 4.69) is 54.3 Å². The number of rotatable bonds is 4. The number of hydrazine groups is 1. The largest absolute Gasteiger partial charge is 0.404 e. The highest BCUT2D eigenvalue weighted by Crippen LogP contribution is 2.45. The third-order valence-electron chi connectivity index (χ3n) is 5.88. The summed E-state index contributed by atoms with van der Waals surface area (Å²) >= 11 is 0. The first-order chi connectivity index (χ1) is 14.5. The molecule has 0 saturated carbocycles. The Kier molecular flexibility index (Phi) is 5.55. The molecule has 1 atom stereocenters. The lowest BCUT2D eigenvalue weighted by Gasteiger charge is -2.46. The number of aryl methyl sites for hydroxylation is 1. The van der Waals surface area contributed by atoms with Gasteiger partial charge in [-0.2, -0.15) is 0 Å². The standard InChI is InChI=1S/C25H27FN4/c1-3-25-15-19(16-27)24(28-22-9-7-21(26)8-10-22)14-20(25)11-12-30(17-25)29-23-6-4-5-18(2)13-23/h3-10,13-14,16,29H,1,11-12,15,17,27H2,2H3. The molecule has 1 fully saturated rings. The third-order valence-corrected chi connectivity index (χ3v) is 5.88. The Morgan fingerprint density at radius 2 is 2.03 bits per heavy atom. The van der Waals surface area contributed by atoms with Gasteiger partial charge in [0.2, 0.25) is 0 Å². The number of benzene rings is 2. The van der Waals surface area contributed by atoms with E-state index in [1.807, 2.05) is 6.08 Å². The molecular weight excluding hydrogens is 375 g/mol. The zero-order valence-corrected chi connectivity index (χ0v) is 17.2. The van der Waals surface area contributed by atoms with Gasteiger partial charge in [-0.1, -0.05) is 23.8 Å². The zero-order chi connectivity index (χ0) is 21.1. The summed E-state index contributed by atoms with van der Waals surface area (Å²) in [6, 6.07) is 14.6. The Morgan fingerprint density at radius 3 is 2.73 bits per heavy atom. The summed E-state index contributed by atoms with van der Waals surface area (Å²) in [4.78, 5) is 4.73. The van der Waals surface area contributed by atoms with Gasteiger partial charge in [0.05, 0.1) is 11.4 Å². The van der Waals surface area contributed by atoms with Crippen molar-refractivity contribution in [1.82, 2.24) is 5.01 Å². The topological polar surface area (TPSA) is 53.6 Å². The highest BCUT2D eigenvalue weighted by Gasteiger charge is 2.41. The van der Waals surface area contributed by atoms with Crippen molar-refractivity contribution in [3.05, 3.63) is 96.0 Å². The molecule has 3 N–H and O–H groups in total. The van der Waals surface area contributed by atoms with Crippen molar-refractivity contribution < 1.29 is 4.39 Å². The second-order valence-corrected chi connectivity index (χ2v) is 8.02. The van der Waals surface area contributed by atoms with Crippen molar-refractivity contribution in [3.8, 4) is 0 Å². The van der Waals surface area contributed by atoms with Crippen LogP contribution in [0.2, 0.25) is 0 Å². The molecule has 2 aromatic carbocycles. The molecule has 2 aromatic rings. The first-order valence-electron chi connectivity index (χ1n) is 10.2. The fourth-order valence-electron chi connectivity index (χ4n) is 4.26. The van der Waals surface area contributed by atoms with Crippen LogP contribution in [-0.4, -0.2) is 23.8 Å². The quantitative estimate of drug-likeness (QED) is 0.684. The smallest absolute Gasteiger partial charge is 0.123 e.